The summed E-state index contributed by atoms with van der Waals surface area (Å²) in [7, 11) is 0. The lowest BCUT2D eigenvalue weighted by Crippen LogP contribution is -2.43. The number of ether oxygens (including phenoxy) is 1. The lowest BCUT2D eigenvalue weighted by atomic mass is 10.2. The molecule has 0 spiro atoms. The number of hydrogen-bond acceptors (Lipinski definition) is 3. The van der Waals surface area contributed by atoms with Crippen molar-refractivity contribution in [2.75, 3.05) is 39.3 Å². The van der Waals surface area contributed by atoms with Crippen LogP contribution in [0.5, 0.6) is 5.75 Å². The van der Waals surface area contributed by atoms with E-state index in [-0.39, 0.29) is 12.4 Å². The van der Waals surface area contributed by atoms with E-state index in [9.17, 15) is 0 Å². The third kappa shape index (κ3) is 7.68. The van der Waals surface area contributed by atoms with Crippen molar-refractivity contribution in [2.45, 2.75) is 25.7 Å². The molecule has 0 bridgehead atoms. The first-order valence-electron chi connectivity index (χ1n) is 7.87. The summed E-state index contributed by atoms with van der Waals surface area (Å²) >= 11 is 18.0. The first-order valence-corrected chi connectivity index (χ1v) is 9.00. The zero-order chi connectivity index (χ0) is 15.8. The SMILES string of the molecule is Cl.Clc1cc(Cl)c(OCCCCCCN2CCNCC2)c(Cl)c1. The fourth-order valence-corrected chi connectivity index (χ4v) is 3.49. The van der Waals surface area contributed by atoms with Gasteiger partial charge in [0.2, 0.25) is 0 Å². The van der Waals surface area contributed by atoms with E-state index in [1.165, 1.54) is 32.5 Å². The summed E-state index contributed by atoms with van der Waals surface area (Å²) in [6.45, 7) is 6.44. The van der Waals surface area contributed by atoms with Crippen molar-refractivity contribution in [3.8, 4) is 5.75 Å². The lowest BCUT2D eigenvalue weighted by molar-refractivity contribution is 0.234. The molecule has 23 heavy (non-hydrogen) atoms. The third-order valence-corrected chi connectivity index (χ3v) is 4.57. The van der Waals surface area contributed by atoms with Crippen LogP contribution in [0.15, 0.2) is 12.1 Å². The maximum atomic E-state index is 6.08. The Kier molecular flexibility index (Phi) is 10.7. The van der Waals surface area contributed by atoms with E-state index < -0.39 is 0 Å². The highest BCUT2D eigenvalue weighted by Crippen LogP contribution is 2.35. The predicted molar refractivity (Wildman–Crippen MR) is 102 cm³/mol. The average molecular weight is 402 g/mol. The van der Waals surface area contributed by atoms with Gasteiger partial charge in [-0.25, -0.2) is 0 Å². The summed E-state index contributed by atoms with van der Waals surface area (Å²) in [4.78, 5) is 2.53. The van der Waals surface area contributed by atoms with Crippen molar-refractivity contribution in [1.29, 1.82) is 0 Å². The maximum absolute atomic E-state index is 6.08. The van der Waals surface area contributed by atoms with E-state index in [0.29, 0.717) is 27.4 Å². The van der Waals surface area contributed by atoms with Gasteiger partial charge in [-0.3, -0.25) is 0 Å². The summed E-state index contributed by atoms with van der Waals surface area (Å²) in [6, 6.07) is 3.30. The molecule has 1 aliphatic heterocycles. The van der Waals surface area contributed by atoms with Gasteiger partial charge in [-0.05, 0) is 31.5 Å². The van der Waals surface area contributed by atoms with Crippen LogP contribution in [0.4, 0.5) is 0 Å². The Bertz CT molecular complexity index is 444. The van der Waals surface area contributed by atoms with Gasteiger partial charge in [0.1, 0.15) is 0 Å². The molecule has 1 N–H and O–H groups in total. The van der Waals surface area contributed by atoms with Crippen molar-refractivity contribution in [1.82, 2.24) is 10.2 Å². The minimum absolute atomic E-state index is 0. The van der Waals surface area contributed by atoms with E-state index in [1.54, 1.807) is 12.1 Å². The normalized spacial score (nSPS) is 15.3. The van der Waals surface area contributed by atoms with Gasteiger partial charge in [0.25, 0.3) is 0 Å². The van der Waals surface area contributed by atoms with Crippen molar-refractivity contribution >= 4 is 47.2 Å². The zero-order valence-electron chi connectivity index (χ0n) is 13.1. The molecule has 2 rings (SSSR count). The third-order valence-electron chi connectivity index (χ3n) is 3.79. The van der Waals surface area contributed by atoms with Gasteiger partial charge in [0.15, 0.2) is 5.75 Å². The van der Waals surface area contributed by atoms with Crippen LogP contribution in [0.25, 0.3) is 0 Å². The summed E-state index contributed by atoms with van der Waals surface area (Å²) in [5.74, 6) is 0.536. The molecule has 0 aromatic heterocycles. The average Bonchev–Trinajstić information content (AvgIpc) is 2.49. The standard InChI is InChI=1S/C16H23Cl3N2O.ClH/c17-13-11-14(18)16(15(19)12-13)22-10-4-2-1-3-7-21-8-5-20-6-9-21;/h11-12,20H,1-10H2;1H. The Morgan fingerprint density at radius 3 is 2.22 bits per heavy atom. The van der Waals surface area contributed by atoms with E-state index in [2.05, 4.69) is 10.2 Å². The molecule has 0 atom stereocenters. The summed E-state index contributed by atoms with van der Waals surface area (Å²) in [5, 5.41) is 4.83. The van der Waals surface area contributed by atoms with E-state index in [1.807, 2.05) is 0 Å². The molecule has 1 aromatic rings. The smallest absolute Gasteiger partial charge is 0.156 e. The topological polar surface area (TPSA) is 24.5 Å². The van der Waals surface area contributed by atoms with Crippen LogP contribution in [-0.4, -0.2) is 44.2 Å². The number of halogens is 4. The number of nitrogens with one attached hydrogen (secondary N) is 1. The Morgan fingerprint density at radius 1 is 0.957 bits per heavy atom. The first kappa shape index (κ1) is 21.1. The van der Waals surface area contributed by atoms with E-state index >= 15 is 0 Å². The molecule has 0 aliphatic carbocycles. The van der Waals surface area contributed by atoms with E-state index in [4.69, 9.17) is 39.5 Å². The highest BCUT2D eigenvalue weighted by Gasteiger charge is 2.10. The van der Waals surface area contributed by atoms with Gasteiger partial charge in [-0.1, -0.05) is 47.6 Å². The van der Waals surface area contributed by atoms with Crippen LogP contribution < -0.4 is 10.1 Å². The number of hydrogen-bond donors (Lipinski definition) is 1. The number of piperazine rings is 1. The molecular formula is C16H24Cl4N2O. The Balaban J connectivity index is 0.00000264. The fraction of sp³-hybridized carbons (Fsp3) is 0.625. The zero-order valence-corrected chi connectivity index (χ0v) is 16.2. The molecule has 1 aliphatic rings. The fourth-order valence-electron chi connectivity index (χ4n) is 2.57. The molecule has 1 fully saturated rings. The minimum Gasteiger partial charge on any atom is -0.490 e. The highest BCUT2D eigenvalue weighted by molar-refractivity contribution is 6.40. The monoisotopic (exact) mass is 400 g/mol. The molecule has 0 saturated carbocycles. The predicted octanol–water partition coefficient (Wildman–Crippen LogP) is 4.91. The van der Waals surface area contributed by atoms with Crippen LogP contribution in [0.1, 0.15) is 25.7 Å². The van der Waals surface area contributed by atoms with Crippen LogP contribution >= 0.6 is 47.2 Å². The van der Waals surface area contributed by atoms with Crippen molar-refractivity contribution in [3.05, 3.63) is 27.2 Å². The summed E-state index contributed by atoms with van der Waals surface area (Å²) < 4.78 is 5.68. The largest absolute Gasteiger partial charge is 0.490 e. The van der Waals surface area contributed by atoms with Gasteiger partial charge < -0.3 is 15.0 Å². The number of rotatable bonds is 8. The lowest BCUT2D eigenvalue weighted by Gasteiger charge is -2.27. The van der Waals surface area contributed by atoms with Crippen molar-refractivity contribution in [3.63, 3.8) is 0 Å². The molecule has 3 nitrogen and oxygen atoms in total. The Hall–Kier alpha value is 0.1000. The van der Waals surface area contributed by atoms with Crippen LogP contribution in [0.3, 0.4) is 0 Å². The van der Waals surface area contributed by atoms with Gasteiger partial charge in [-0.15, -0.1) is 12.4 Å². The Morgan fingerprint density at radius 2 is 1.57 bits per heavy atom. The van der Waals surface area contributed by atoms with Crippen molar-refractivity contribution < 1.29 is 4.74 Å². The second-order valence-corrected chi connectivity index (χ2v) is 6.80. The summed E-state index contributed by atoms with van der Waals surface area (Å²) in [6.07, 6.45) is 4.66. The summed E-state index contributed by atoms with van der Waals surface area (Å²) in [5.41, 5.74) is 0. The van der Waals surface area contributed by atoms with Crippen LogP contribution in [0.2, 0.25) is 15.1 Å². The molecule has 7 heteroatoms. The molecule has 0 unspecified atom stereocenters. The van der Waals surface area contributed by atoms with Gasteiger partial charge in [0, 0.05) is 31.2 Å². The second-order valence-electron chi connectivity index (χ2n) is 5.55. The molecule has 132 valence electrons. The molecular weight excluding hydrogens is 378 g/mol. The van der Waals surface area contributed by atoms with Crippen molar-refractivity contribution in [2.24, 2.45) is 0 Å². The Labute approximate surface area is 160 Å². The van der Waals surface area contributed by atoms with Gasteiger partial charge in [0.05, 0.1) is 16.7 Å². The number of unbranched alkanes of at least 4 members (excludes halogenated alkanes) is 3. The number of nitrogens with zero attached hydrogens (tertiary/aromatic N) is 1. The van der Waals surface area contributed by atoms with E-state index in [0.717, 1.165) is 25.9 Å². The van der Waals surface area contributed by atoms with Crippen LogP contribution in [0, 0.1) is 0 Å². The number of benzene rings is 1. The molecule has 1 heterocycles. The quantitative estimate of drug-likeness (QED) is 0.626. The minimum atomic E-state index is 0. The maximum Gasteiger partial charge on any atom is 0.156 e. The molecule has 0 amide bonds. The van der Waals surface area contributed by atoms with Gasteiger partial charge >= 0.3 is 0 Å². The molecule has 0 radical (unpaired) electrons. The van der Waals surface area contributed by atoms with Crippen LogP contribution in [-0.2, 0) is 0 Å². The second kappa shape index (κ2) is 11.6. The molecule has 1 aromatic carbocycles. The van der Waals surface area contributed by atoms with Gasteiger partial charge in [-0.2, -0.15) is 0 Å². The molecule has 1 saturated heterocycles. The highest BCUT2D eigenvalue weighted by atomic mass is 35.5. The first-order chi connectivity index (χ1) is 10.7.